The van der Waals surface area contributed by atoms with Crippen LogP contribution in [-0.4, -0.2) is 54.0 Å². The number of ether oxygens (including phenoxy) is 2. The summed E-state index contributed by atoms with van der Waals surface area (Å²) in [5.74, 6) is 0.228. The number of carbonyl (C=O) groups excluding carboxylic acids is 2. The van der Waals surface area contributed by atoms with E-state index in [1.807, 2.05) is 0 Å². The second-order valence-corrected chi connectivity index (χ2v) is 8.11. The number of Topliss-reactive ketones (excluding diaryl/α,β-unsaturated/α-hetero) is 1. The van der Waals surface area contributed by atoms with E-state index in [9.17, 15) is 19.8 Å². The van der Waals surface area contributed by atoms with E-state index in [0.717, 1.165) is 51.4 Å². The summed E-state index contributed by atoms with van der Waals surface area (Å²) < 4.78 is 10.2. The first kappa shape index (κ1) is 22.3. The summed E-state index contributed by atoms with van der Waals surface area (Å²) in [5, 5.41) is 20.2. The van der Waals surface area contributed by atoms with Crippen LogP contribution in [0.2, 0.25) is 0 Å². The van der Waals surface area contributed by atoms with Gasteiger partial charge < -0.3 is 19.7 Å². The summed E-state index contributed by atoms with van der Waals surface area (Å²) >= 11 is 0. The minimum atomic E-state index is -0.364. The molecule has 2 N–H and O–H groups in total. The SMILES string of the molecule is O=C1COCCC1CCCC(O)CCCC(O)CCCC1CCCOC1=O. The molecular formula is C21H36O6. The lowest BCUT2D eigenvalue weighted by Gasteiger charge is -2.21. The Hall–Kier alpha value is -0.980. The lowest BCUT2D eigenvalue weighted by Crippen LogP contribution is -2.27. The van der Waals surface area contributed by atoms with Crippen LogP contribution in [0.4, 0.5) is 0 Å². The van der Waals surface area contributed by atoms with Gasteiger partial charge in [-0.3, -0.25) is 9.59 Å². The van der Waals surface area contributed by atoms with Gasteiger partial charge in [-0.1, -0.05) is 12.8 Å². The lowest BCUT2D eigenvalue weighted by atomic mass is 9.91. The fourth-order valence-corrected chi connectivity index (χ4v) is 4.06. The normalized spacial score (nSPS) is 25.9. The van der Waals surface area contributed by atoms with Crippen molar-refractivity contribution in [2.75, 3.05) is 19.8 Å². The van der Waals surface area contributed by atoms with E-state index in [1.165, 1.54) is 0 Å². The van der Waals surface area contributed by atoms with E-state index in [4.69, 9.17) is 9.47 Å². The van der Waals surface area contributed by atoms with Gasteiger partial charge >= 0.3 is 5.97 Å². The highest BCUT2D eigenvalue weighted by atomic mass is 16.5. The zero-order chi connectivity index (χ0) is 19.5. The summed E-state index contributed by atoms with van der Waals surface area (Å²) in [5.41, 5.74) is 0. The monoisotopic (exact) mass is 384 g/mol. The molecule has 2 aliphatic rings. The fraction of sp³-hybridized carbons (Fsp3) is 0.905. The smallest absolute Gasteiger partial charge is 0.308 e. The van der Waals surface area contributed by atoms with Crippen molar-refractivity contribution in [1.29, 1.82) is 0 Å². The molecule has 0 aliphatic carbocycles. The first-order valence-electron chi connectivity index (χ1n) is 10.7. The number of esters is 1. The van der Waals surface area contributed by atoms with Gasteiger partial charge in [-0.2, -0.15) is 0 Å². The highest BCUT2D eigenvalue weighted by Gasteiger charge is 2.24. The highest BCUT2D eigenvalue weighted by Crippen LogP contribution is 2.23. The summed E-state index contributed by atoms with van der Waals surface area (Å²) in [4.78, 5) is 23.3. The molecule has 2 fully saturated rings. The molecule has 156 valence electrons. The second kappa shape index (κ2) is 12.5. The number of cyclic esters (lactones) is 1. The second-order valence-electron chi connectivity index (χ2n) is 8.11. The summed E-state index contributed by atoms with van der Waals surface area (Å²) in [7, 11) is 0. The van der Waals surface area contributed by atoms with Crippen LogP contribution in [0.1, 0.15) is 77.0 Å². The van der Waals surface area contributed by atoms with E-state index in [1.54, 1.807) is 0 Å². The highest BCUT2D eigenvalue weighted by molar-refractivity contribution is 5.82. The zero-order valence-corrected chi connectivity index (χ0v) is 16.4. The average Bonchev–Trinajstić information content (AvgIpc) is 2.65. The van der Waals surface area contributed by atoms with Crippen LogP contribution in [0.3, 0.4) is 0 Å². The van der Waals surface area contributed by atoms with Crippen molar-refractivity contribution >= 4 is 11.8 Å². The number of aliphatic hydroxyl groups is 2. The topological polar surface area (TPSA) is 93.1 Å². The predicted octanol–water partition coefficient (Wildman–Crippen LogP) is 2.78. The summed E-state index contributed by atoms with van der Waals surface area (Å²) in [6.45, 7) is 1.46. The molecule has 0 radical (unpaired) electrons. The van der Waals surface area contributed by atoms with Gasteiger partial charge in [-0.05, 0) is 64.2 Å². The lowest BCUT2D eigenvalue weighted by molar-refractivity contribution is -0.153. The third kappa shape index (κ3) is 8.71. The van der Waals surface area contributed by atoms with Gasteiger partial charge in [-0.15, -0.1) is 0 Å². The van der Waals surface area contributed by atoms with Gasteiger partial charge in [-0.25, -0.2) is 0 Å². The van der Waals surface area contributed by atoms with Crippen molar-refractivity contribution < 1.29 is 29.3 Å². The minimum Gasteiger partial charge on any atom is -0.465 e. The maximum Gasteiger partial charge on any atom is 0.308 e. The molecule has 0 amide bonds. The number of rotatable bonds is 12. The van der Waals surface area contributed by atoms with Crippen LogP contribution >= 0.6 is 0 Å². The number of carbonyl (C=O) groups is 2. The minimum absolute atomic E-state index is 0.00961. The van der Waals surface area contributed by atoms with Crippen molar-refractivity contribution in [3.63, 3.8) is 0 Å². The van der Waals surface area contributed by atoms with E-state index in [-0.39, 0.29) is 42.4 Å². The molecule has 0 saturated carbocycles. The Balaban J connectivity index is 1.46. The Morgan fingerprint density at radius 3 is 2.11 bits per heavy atom. The molecule has 2 heterocycles. The predicted molar refractivity (Wildman–Crippen MR) is 101 cm³/mol. The first-order valence-corrected chi connectivity index (χ1v) is 10.7. The number of aliphatic hydroxyl groups excluding tert-OH is 2. The molecule has 4 atom stereocenters. The number of hydrogen-bond donors (Lipinski definition) is 2. The number of hydrogen-bond acceptors (Lipinski definition) is 6. The van der Waals surface area contributed by atoms with Crippen molar-refractivity contribution in [2.45, 2.75) is 89.3 Å². The van der Waals surface area contributed by atoms with Gasteiger partial charge in [0.2, 0.25) is 0 Å². The quantitative estimate of drug-likeness (QED) is 0.503. The average molecular weight is 385 g/mol. The van der Waals surface area contributed by atoms with Crippen molar-refractivity contribution in [3.05, 3.63) is 0 Å². The molecule has 0 bridgehead atoms. The van der Waals surface area contributed by atoms with E-state index in [0.29, 0.717) is 38.9 Å². The van der Waals surface area contributed by atoms with Crippen LogP contribution in [0.15, 0.2) is 0 Å². The van der Waals surface area contributed by atoms with Gasteiger partial charge in [0.05, 0.1) is 24.7 Å². The third-order valence-electron chi connectivity index (χ3n) is 5.84. The Kier molecular flexibility index (Phi) is 10.3. The van der Waals surface area contributed by atoms with Gasteiger partial charge in [0.25, 0.3) is 0 Å². The van der Waals surface area contributed by atoms with Crippen LogP contribution in [0.25, 0.3) is 0 Å². The standard InChI is InChI=1S/C21H36O6/c22-18(8-1-5-16-12-14-26-15-20(16)24)10-3-11-19(23)9-2-6-17-7-4-13-27-21(17)25/h16-19,22-23H,1-15H2. The molecule has 0 aromatic carbocycles. The molecule has 6 nitrogen and oxygen atoms in total. The third-order valence-corrected chi connectivity index (χ3v) is 5.84. The molecule has 0 aromatic rings. The molecular weight excluding hydrogens is 348 g/mol. The summed E-state index contributed by atoms with van der Waals surface area (Å²) in [6.07, 6.45) is 8.84. The molecule has 4 unspecified atom stereocenters. The van der Waals surface area contributed by atoms with Crippen LogP contribution < -0.4 is 0 Å². The van der Waals surface area contributed by atoms with Crippen molar-refractivity contribution in [1.82, 2.24) is 0 Å². The molecule has 2 aliphatic heterocycles. The largest absolute Gasteiger partial charge is 0.465 e. The maximum atomic E-state index is 11.7. The van der Waals surface area contributed by atoms with Gasteiger partial charge in [0, 0.05) is 12.5 Å². The van der Waals surface area contributed by atoms with Crippen LogP contribution in [-0.2, 0) is 19.1 Å². The molecule has 0 aromatic heterocycles. The maximum absolute atomic E-state index is 11.7. The Morgan fingerprint density at radius 1 is 0.852 bits per heavy atom. The van der Waals surface area contributed by atoms with Crippen molar-refractivity contribution in [2.24, 2.45) is 11.8 Å². The molecule has 27 heavy (non-hydrogen) atoms. The molecule has 2 saturated heterocycles. The summed E-state index contributed by atoms with van der Waals surface area (Å²) in [6, 6.07) is 0. The van der Waals surface area contributed by atoms with E-state index >= 15 is 0 Å². The Morgan fingerprint density at radius 2 is 1.48 bits per heavy atom. The van der Waals surface area contributed by atoms with E-state index < -0.39 is 0 Å². The number of ketones is 1. The van der Waals surface area contributed by atoms with Crippen LogP contribution in [0, 0.1) is 11.8 Å². The Labute approximate surface area is 162 Å². The fourth-order valence-electron chi connectivity index (χ4n) is 4.06. The van der Waals surface area contributed by atoms with Crippen LogP contribution in [0.5, 0.6) is 0 Å². The first-order chi connectivity index (χ1) is 13.1. The molecule has 6 heteroatoms. The Bertz CT molecular complexity index is 412. The van der Waals surface area contributed by atoms with E-state index in [2.05, 4.69) is 0 Å². The molecule has 0 spiro atoms. The van der Waals surface area contributed by atoms with Gasteiger partial charge in [0.1, 0.15) is 6.61 Å². The van der Waals surface area contributed by atoms with Crippen molar-refractivity contribution in [3.8, 4) is 0 Å². The molecule has 2 rings (SSSR count). The van der Waals surface area contributed by atoms with Gasteiger partial charge in [0.15, 0.2) is 5.78 Å². The zero-order valence-electron chi connectivity index (χ0n) is 16.4.